The summed E-state index contributed by atoms with van der Waals surface area (Å²) in [5.74, 6) is 1.15. The Morgan fingerprint density at radius 3 is 2.54 bits per heavy atom. The van der Waals surface area contributed by atoms with Crippen molar-refractivity contribution in [3.8, 4) is 0 Å². The van der Waals surface area contributed by atoms with Gasteiger partial charge in [0.1, 0.15) is 5.60 Å². The number of thioether (sulfide) groups is 1. The van der Waals surface area contributed by atoms with Crippen LogP contribution in [0.3, 0.4) is 0 Å². The molecular formula is C18H27NO4S. The van der Waals surface area contributed by atoms with E-state index < -0.39 is 11.6 Å². The van der Waals surface area contributed by atoms with Crippen molar-refractivity contribution in [2.24, 2.45) is 5.92 Å². The van der Waals surface area contributed by atoms with E-state index >= 15 is 0 Å². The van der Waals surface area contributed by atoms with Gasteiger partial charge in [0.2, 0.25) is 0 Å². The Kier molecular flexibility index (Phi) is 6.38. The van der Waals surface area contributed by atoms with Gasteiger partial charge >= 0.3 is 12.1 Å². The number of hydrogen-bond acceptors (Lipinski definition) is 4. The number of carboxylic acids is 1. The van der Waals surface area contributed by atoms with Crippen molar-refractivity contribution in [3.05, 3.63) is 23.3 Å². The van der Waals surface area contributed by atoms with Crippen LogP contribution in [0.4, 0.5) is 4.79 Å². The average Bonchev–Trinajstić information content (AvgIpc) is 2.52. The fourth-order valence-corrected chi connectivity index (χ4v) is 3.86. The number of carbonyl (C=O) groups is 2. The molecule has 2 rings (SSSR count). The predicted octanol–water partition coefficient (Wildman–Crippen LogP) is 3.71. The summed E-state index contributed by atoms with van der Waals surface area (Å²) in [7, 11) is 0. The highest BCUT2D eigenvalue weighted by molar-refractivity contribution is 7.99. The number of allylic oxidation sites excluding steroid dienone is 3. The molecule has 0 unspecified atom stereocenters. The lowest BCUT2D eigenvalue weighted by Crippen LogP contribution is -2.41. The van der Waals surface area contributed by atoms with Gasteiger partial charge in [0, 0.05) is 18.8 Å². The van der Waals surface area contributed by atoms with Gasteiger partial charge in [-0.15, -0.1) is 0 Å². The molecule has 0 aromatic heterocycles. The van der Waals surface area contributed by atoms with E-state index in [1.165, 1.54) is 0 Å². The van der Waals surface area contributed by atoms with E-state index in [9.17, 15) is 14.7 Å². The zero-order chi connectivity index (χ0) is 17.7. The van der Waals surface area contributed by atoms with Crippen LogP contribution in [-0.4, -0.2) is 52.3 Å². The van der Waals surface area contributed by atoms with Crippen LogP contribution in [0.1, 0.15) is 40.0 Å². The summed E-state index contributed by atoms with van der Waals surface area (Å²) in [6.07, 6.45) is 6.47. The normalized spacial score (nSPS) is 20.5. The van der Waals surface area contributed by atoms with Crippen LogP contribution in [0.15, 0.2) is 23.3 Å². The Morgan fingerprint density at radius 1 is 1.29 bits per heavy atom. The Balaban J connectivity index is 1.88. The van der Waals surface area contributed by atoms with E-state index in [2.05, 4.69) is 6.08 Å². The van der Waals surface area contributed by atoms with Crippen LogP contribution < -0.4 is 0 Å². The molecule has 2 aliphatic rings. The van der Waals surface area contributed by atoms with Gasteiger partial charge < -0.3 is 14.7 Å². The molecule has 5 nitrogen and oxygen atoms in total. The van der Waals surface area contributed by atoms with Gasteiger partial charge in [0.25, 0.3) is 0 Å². The number of aliphatic carboxylic acids is 1. The average molecular weight is 353 g/mol. The lowest BCUT2D eigenvalue weighted by Gasteiger charge is -2.32. The Hall–Kier alpha value is -1.43. The van der Waals surface area contributed by atoms with Crippen LogP contribution in [-0.2, 0) is 9.53 Å². The molecule has 1 saturated heterocycles. The highest BCUT2D eigenvalue weighted by Gasteiger charge is 2.26. The van der Waals surface area contributed by atoms with Crippen molar-refractivity contribution in [1.82, 2.24) is 4.90 Å². The first-order chi connectivity index (χ1) is 11.3. The first-order valence-corrected chi connectivity index (χ1v) is 9.61. The van der Waals surface area contributed by atoms with Crippen molar-refractivity contribution < 1.29 is 19.4 Å². The maximum Gasteiger partial charge on any atom is 0.410 e. The zero-order valence-electron chi connectivity index (χ0n) is 14.7. The van der Waals surface area contributed by atoms with Crippen LogP contribution in [0, 0.1) is 5.92 Å². The largest absolute Gasteiger partial charge is 0.478 e. The zero-order valence-corrected chi connectivity index (χ0v) is 15.5. The quantitative estimate of drug-likeness (QED) is 0.838. The number of carbonyl (C=O) groups excluding carboxylic acids is 1. The molecule has 2 aliphatic heterocycles. The summed E-state index contributed by atoms with van der Waals surface area (Å²) < 4.78 is 5.40. The third-order valence-electron chi connectivity index (χ3n) is 4.17. The molecule has 1 amide bonds. The molecule has 2 heterocycles. The molecule has 0 radical (unpaired) electrons. The summed E-state index contributed by atoms with van der Waals surface area (Å²) in [5, 5.41) is 9.27. The van der Waals surface area contributed by atoms with Crippen LogP contribution in [0.25, 0.3) is 0 Å². The third kappa shape index (κ3) is 5.58. The number of rotatable bonds is 3. The van der Waals surface area contributed by atoms with Gasteiger partial charge in [-0.05, 0) is 57.3 Å². The highest BCUT2D eigenvalue weighted by atomic mass is 32.2. The molecular weight excluding hydrogens is 326 g/mol. The van der Waals surface area contributed by atoms with Crippen LogP contribution in [0.2, 0.25) is 0 Å². The SMILES string of the molecule is CC(C)(C)OC(=O)N1CCC(/C=C/C2=C(C(=O)O)CSCC2)CC1. The smallest absolute Gasteiger partial charge is 0.410 e. The monoisotopic (exact) mass is 353 g/mol. The first kappa shape index (κ1) is 18.9. The maximum atomic E-state index is 12.1. The first-order valence-electron chi connectivity index (χ1n) is 8.45. The highest BCUT2D eigenvalue weighted by Crippen LogP contribution is 2.27. The van der Waals surface area contributed by atoms with Gasteiger partial charge in [-0.2, -0.15) is 11.8 Å². The second kappa shape index (κ2) is 8.10. The van der Waals surface area contributed by atoms with Crippen LogP contribution >= 0.6 is 11.8 Å². The van der Waals surface area contributed by atoms with E-state index in [0.29, 0.717) is 30.3 Å². The van der Waals surface area contributed by atoms with Crippen molar-refractivity contribution >= 4 is 23.8 Å². The van der Waals surface area contributed by atoms with Gasteiger partial charge in [-0.25, -0.2) is 9.59 Å². The fraction of sp³-hybridized carbons (Fsp3) is 0.667. The third-order valence-corrected chi connectivity index (χ3v) is 5.15. The summed E-state index contributed by atoms with van der Waals surface area (Å²) in [5.41, 5.74) is 1.02. The lowest BCUT2D eigenvalue weighted by molar-refractivity contribution is -0.132. The van der Waals surface area contributed by atoms with Crippen molar-refractivity contribution in [2.75, 3.05) is 24.6 Å². The molecule has 0 spiro atoms. The molecule has 0 aliphatic carbocycles. The molecule has 1 N–H and O–H groups in total. The number of nitrogens with zero attached hydrogens (tertiary/aromatic N) is 1. The Bertz CT molecular complexity index is 540. The lowest BCUT2D eigenvalue weighted by atomic mass is 9.94. The van der Waals surface area contributed by atoms with E-state index in [4.69, 9.17) is 4.74 Å². The second-order valence-corrected chi connectivity index (χ2v) is 8.38. The molecule has 0 aromatic rings. The number of ether oxygens (including phenoxy) is 1. The van der Waals surface area contributed by atoms with Gasteiger partial charge in [0.05, 0.1) is 5.57 Å². The topological polar surface area (TPSA) is 66.8 Å². The number of carboxylic acid groups (broad SMARTS) is 1. The van der Waals surface area contributed by atoms with E-state index in [0.717, 1.165) is 30.6 Å². The minimum absolute atomic E-state index is 0.245. The Morgan fingerprint density at radius 2 is 1.96 bits per heavy atom. The second-order valence-electron chi connectivity index (χ2n) is 7.28. The molecule has 0 aromatic carbocycles. The molecule has 0 saturated carbocycles. The predicted molar refractivity (Wildman–Crippen MR) is 96.3 cm³/mol. The molecule has 24 heavy (non-hydrogen) atoms. The minimum atomic E-state index is -0.804. The molecule has 0 bridgehead atoms. The summed E-state index contributed by atoms with van der Waals surface area (Å²) in [6, 6.07) is 0. The molecule has 0 atom stereocenters. The molecule has 134 valence electrons. The van der Waals surface area contributed by atoms with E-state index in [1.807, 2.05) is 26.8 Å². The summed E-state index contributed by atoms with van der Waals surface area (Å²) in [6.45, 7) is 6.99. The minimum Gasteiger partial charge on any atom is -0.478 e. The standard InChI is InChI=1S/C18H27NO4S/c1-18(2,3)23-17(22)19-9-6-13(7-10-19)4-5-14-8-11-24-12-15(14)16(20)21/h4-5,13H,6-12H2,1-3H3,(H,20,21)/b5-4+. The summed E-state index contributed by atoms with van der Waals surface area (Å²) >= 11 is 1.67. The molecule has 6 heteroatoms. The van der Waals surface area contributed by atoms with Gasteiger partial charge in [0.15, 0.2) is 0 Å². The van der Waals surface area contributed by atoms with E-state index in [-0.39, 0.29) is 6.09 Å². The van der Waals surface area contributed by atoms with E-state index in [1.54, 1.807) is 16.7 Å². The fourth-order valence-electron chi connectivity index (χ4n) is 2.84. The van der Waals surface area contributed by atoms with Gasteiger partial charge in [-0.1, -0.05) is 12.2 Å². The number of likely N-dealkylation sites (tertiary alicyclic amines) is 1. The van der Waals surface area contributed by atoms with Crippen LogP contribution in [0.5, 0.6) is 0 Å². The maximum absolute atomic E-state index is 12.1. The van der Waals surface area contributed by atoms with Crippen molar-refractivity contribution in [1.29, 1.82) is 0 Å². The van der Waals surface area contributed by atoms with Gasteiger partial charge in [-0.3, -0.25) is 0 Å². The Labute approximate surface area is 148 Å². The number of piperidine rings is 1. The van der Waals surface area contributed by atoms with Crippen molar-refractivity contribution in [2.45, 2.75) is 45.6 Å². The number of hydrogen-bond donors (Lipinski definition) is 1. The number of amides is 1. The summed E-state index contributed by atoms with van der Waals surface area (Å²) in [4.78, 5) is 25.1. The van der Waals surface area contributed by atoms with Crippen molar-refractivity contribution in [3.63, 3.8) is 0 Å². The molecule has 1 fully saturated rings.